The molecule has 112 valence electrons. The molecule has 0 aliphatic heterocycles. The average Bonchev–Trinajstić information content (AvgIpc) is 2.95. The number of anilines is 1. The third-order valence-corrected chi connectivity index (χ3v) is 3.61. The molecule has 1 amide bonds. The number of rotatable bonds is 5. The highest BCUT2D eigenvalue weighted by molar-refractivity contribution is 6.30. The molecular weight excluding hydrogens is 290 g/mol. The number of hydrogen-bond donors (Lipinski definition) is 2. The van der Waals surface area contributed by atoms with Gasteiger partial charge in [0, 0.05) is 10.7 Å². The van der Waals surface area contributed by atoms with Crippen molar-refractivity contribution in [1.29, 1.82) is 0 Å². The fourth-order valence-electron chi connectivity index (χ4n) is 1.80. The second-order valence-electron chi connectivity index (χ2n) is 4.95. The van der Waals surface area contributed by atoms with Crippen LogP contribution in [0, 0.1) is 5.92 Å². The number of carbonyl (C=O) groups is 1. The smallest absolute Gasteiger partial charge is 0.277 e. The van der Waals surface area contributed by atoms with E-state index in [9.17, 15) is 4.79 Å². The van der Waals surface area contributed by atoms with E-state index in [0.717, 1.165) is 6.42 Å². The second-order valence-corrected chi connectivity index (χ2v) is 5.38. The number of amides is 1. The molecule has 1 heterocycles. The normalized spacial score (nSPS) is 13.7. The summed E-state index contributed by atoms with van der Waals surface area (Å²) in [6.45, 7) is 4.06. The van der Waals surface area contributed by atoms with E-state index < -0.39 is 0 Å². The van der Waals surface area contributed by atoms with Gasteiger partial charge in [-0.1, -0.05) is 37.9 Å². The van der Waals surface area contributed by atoms with Crippen molar-refractivity contribution in [2.24, 2.45) is 11.7 Å². The molecule has 2 aromatic rings. The lowest BCUT2D eigenvalue weighted by molar-refractivity contribution is 0.102. The first kappa shape index (κ1) is 15.5. The summed E-state index contributed by atoms with van der Waals surface area (Å²) in [6.07, 6.45) is 2.23. The predicted octanol–water partition coefficient (Wildman–Crippen LogP) is 3.63. The molecule has 2 atom stereocenters. The lowest BCUT2D eigenvalue weighted by atomic mass is 10.0. The van der Waals surface area contributed by atoms with E-state index in [2.05, 4.69) is 10.3 Å². The fourth-order valence-corrected chi connectivity index (χ4v) is 1.99. The number of halogens is 1. The van der Waals surface area contributed by atoms with Gasteiger partial charge in [0.25, 0.3) is 5.91 Å². The zero-order valence-electron chi connectivity index (χ0n) is 12.0. The predicted molar refractivity (Wildman–Crippen MR) is 82.3 cm³/mol. The van der Waals surface area contributed by atoms with Gasteiger partial charge in [-0.3, -0.25) is 4.79 Å². The fraction of sp³-hybridized carbons (Fsp3) is 0.333. The largest absolute Gasteiger partial charge is 0.446 e. The van der Waals surface area contributed by atoms with E-state index in [1.807, 2.05) is 13.8 Å². The quantitative estimate of drug-likeness (QED) is 0.884. The Labute approximate surface area is 128 Å². The first-order valence-corrected chi connectivity index (χ1v) is 7.17. The van der Waals surface area contributed by atoms with Crippen molar-refractivity contribution in [2.45, 2.75) is 26.3 Å². The Bertz CT molecular complexity index is 627. The standard InChI is InChI=1S/C15H18ClN3O2/c1-3-9(2)13(17)15-19-12(8-21-15)14(20)18-11-6-4-5-10(16)7-11/h4-9,13H,3,17H2,1-2H3,(H,18,20). The maximum Gasteiger partial charge on any atom is 0.277 e. The lowest BCUT2D eigenvalue weighted by Crippen LogP contribution is -2.19. The van der Waals surface area contributed by atoms with Crippen LogP contribution in [-0.2, 0) is 0 Å². The summed E-state index contributed by atoms with van der Waals surface area (Å²) in [5.41, 5.74) is 6.83. The number of oxazole rings is 1. The molecular formula is C15H18ClN3O2. The van der Waals surface area contributed by atoms with Crippen LogP contribution in [0.4, 0.5) is 5.69 Å². The number of nitrogens with zero attached hydrogens (tertiary/aromatic N) is 1. The Morgan fingerprint density at radius 3 is 2.95 bits per heavy atom. The van der Waals surface area contributed by atoms with E-state index in [1.165, 1.54) is 6.26 Å². The van der Waals surface area contributed by atoms with Crippen LogP contribution in [0.1, 0.15) is 42.7 Å². The zero-order chi connectivity index (χ0) is 15.4. The summed E-state index contributed by atoms with van der Waals surface area (Å²) in [4.78, 5) is 16.2. The Kier molecular flexibility index (Phi) is 4.98. The SMILES string of the molecule is CCC(C)C(N)c1nc(C(=O)Nc2cccc(Cl)c2)co1. The van der Waals surface area contributed by atoms with Crippen molar-refractivity contribution in [2.75, 3.05) is 5.32 Å². The molecule has 21 heavy (non-hydrogen) atoms. The molecule has 2 unspecified atom stereocenters. The van der Waals surface area contributed by atoms with Gasteiger partial charge in [0.05, 0.1) is 6.04 Å². The summed E-state index contributed by atoms with van der Waals surface area (Å²) in [6, 6.07) is 6.57. The van der Waals surface area contributed by atoms with E-state index in [-0.39, 0.29) is 23.6 Å². The third-order valence-electron chi connectivity index (χ3n) is 3.38. The Hall–Kier alpha value is -1.85. The molecule has 6 heteroatoms. The Morgan fingerprint density at radius 1 is 1.52 bits per heavy atom. The minimum absolute atomic E-state index is 0.198. The molecule has 0 fully saturated rings. The molecule has 0 spiro atoms. The molecule has 0 bridgehead atoms. The zero-order valence-corrected chi connectivity index (χ0v) is 12.7. The van der Waals surface area contributed by atoms with Crippen molar-refractivity contribution in [3.05, 3.63) is 47.1 Å². The maximum absolute atomic E-state index is 12.1. The van der Waals surface area contributed by atoms with Gasteiger partial charge in [-0.05, 0) is 24.1 Å². The Morgan fingerprint density at radius 2 is 2.29 bits per heavy atom. The van der Waals surface area contributed by atoms with Crippen LogP contribution in [0.2, 0.25) is 5.02 Å². The van der Waals surface area contributed by atoms with Gasteiger partial charge in [-0.15, -0.1) is 0 Å². The van der Waals surface area contributed by atoms with E-state index in [1.54, 1.807) is 24.3 Å². The van der Waals surface area contributed by atoms with Crippen LogP contribution in [0.15, 0.2) is 34.9 Å². The lowest BCUT2D eigenvalue weighted by Gasteiger charge is -2.13. The topological polar surface area (TPSA) is 81.1 Å². The average molecular weight is 308 g/mol. The molecule has 0 saturated heterocycles. The summed E-state index contributed by atoms with van der Waals surface area (Å²) in [5, 5.41) is 3.26. The van der Waals surface area contributed by atoms with Crippen LogP contribution >= 0.6 is 11.6 Å². The van der Waals surface area contributed by atoms with Crippen LogP contribution < -0.4 is 11.1 Å². The van der Waals surface area contributed by atoms with Gasteiger partial charge in [0.2, 0.25) is 5.89 Å². The van der Waals surface area contributed by atoms with E-state index in [4.69, 9.17) is 21.8 Å². The van der Waals surface area contributed by atoms with Crippen molar-refractivity contribution >= 4 is 23.2 Å². The minimum Gasteiger partial charge on any atom is -0.446 e. The maximum atomic E-state index is 12.1. The van der Waals surface area contributed by atoms with Gasteiger partial charge in [-0.25, -0.2) is 4.98 Å². The first-order valence-electron chi connectivity index (χ1n) is 6.79. The Balaban J connectivity index is 2.09. The number of hydrogen-bond acceptors (Lipinski definition) is 4. The molecule has 0 saturated carbocycles. The first-order chi connectivity index (χ1) is 10.0. The third kappa shape index (κ3) is 3.83. The molecule has 1 aromatic heterocycles. The summed E-state index contributed by atoms with van der Waals surface area (Å²) < 4.78 is 5.31. The number of carbonyl (C=O) groups excluding carboxylic acids is 1. The molecule has 1 aromatic carbocycles. The van der Waals surface area contributed by atoms with Crippen molar-refractivity contribution in [3.63, 3.8) is 0 Å². The van der Waals surface area contributed by atoms with Crippen molar-refractivity contribution in [3.8, 4) is 0 Å². The number of aromatic nitrogens is 1. The summed E-state index contributed by atoms with van der Waals surface area (Å²) in [7, 11) is 0. The second kappa shape index (κ2) is 6.74. The van der Waals surface area contributed by atoms with Gasteiger partial charge in [0.15, 0.2) is 5.69 Å². The molecule has 3 N–H and O–H groups in total. The number of nitrogens with one attached hydrogen (secondary N) is 1. The molecule has 0 aliphatic carbocycles. The highest BCUT2D eigenvalue weighted by atomic mass is 35.5. The van der Waals surface area contributed by atoms with Crippen LogP contribution in [0.3, 0.4) is 0 Å². The number of benzene rings is 1. The summed E-state index contributed by atoms with van der Waals surface area (Å²) in [5.74, 6) is 0.247. The molecule has 5 nitrogen and oxygen atoms in total. The van der Waals surface area contributed by atoms with Gasteiger partial charge < -0.3 is 15.5 Å². The van der Waals surface area contributed by atoms with Crippen LogP contribution in [-0.4, -0.2) is 10.9 Å². The van der Waals surface area contributed by atoms with E-state index in [0.29, 0.717) is 16.6 Å². The highest BCUT2D eigenvalue weighted by Crippen LogP contribution is 2.21. The molecule has 0 aliphatic rings. The molecule has 2 rings (SSSR count). The minimum atomic E-state index is -0.358. The van der Waals surface area contributed by atoms with Crippen molar-refractivity contribution < 1.29 is 9.21 Å². The molecule has 0 radical (unpaired) electrons. The summed E-state index contributed by atoms with van der Waals surface area (Å²) >= 11 is 5.87. The van der Waals surface area contributed by atoms with Crippen molar-refractivity contribution in [1.82, 2.24) is 4.98 Å². The highest BCUT2D eigenvalue weighted by Gasteiger charge is 2.20. The van der Waals surface area contributed by atoms with Gasteiger partial charge >= 0.3 is 0 Å². The monoisotopic (exact) mass is 307 g/mol. The van der Waals surface area contributed by atoms with E-state index >= 15 is 0 Å². The van der Waals surface area contributed by atoms with Crippen LogP contribution in [0.5, 0.6) is 0 Å². The number of nitrogens with two attached hydrogens (primary N) is 1. The van der Waals surface area contributed by atoms with Crippen LogP contribution in [0.25, 0.3) is 0 Å². The van der Waals surface area contributed by atoms with Gasteiger partial charge in [-0.2, -0.15) is 0 Å². The van der Waals surface area contributed by atoms with Gasteiger partial charge in [0.1, 0.15) is 6.26 Å².